The van der Waals surface area contributed by atoms with Crippen molar-refractivity contribution in [2.45, 2.75) is 6.92 Å². The van der Waals surface area contributed by atoms with Crippen LogP contribution in [-0.2, 0) is 0 Å². The fraction of sp³-hybridized carbons (Fsp3) is 0.0952. The number of nitriles is 1. The number of benzene rings is 2. The molecule has 27 heavy (non-hydrogen) atoms. The lowest BCUT2D eigenvalue weighted by Crippen LogP contribution is -2.13. The number of ether oxygens (including phenoxy) is 1. The summed E-state index contributed by atoms with van der Waals surface area (Å²) in [5.74, 6) is 0.968. The average molecular weight is 358 g/mol. The van der Waals surface area contributed by atoms with Crippen molar-refractivity contribution in [3.05, 3.63) is 77.5 Å². The number of aryl methyl sites for hydroxylation is 1. The number of carbonyl (C=O) groups excluding carboxylic acids is 1. The lowest BCUT2D eigenvalue weighted by atomic mass is 10.2. The van der Waals surface area contributed by atoms with Crippen molar-refractivity contribution in [2.75, 3.05) is 17.7 Å². The number of nitrogens with zero attached hydrogens (tertiary/aromatic N) is 2. The molecule has 2 aromatic carbocycles. The molecule has 3 aromatic rings. The highest BCUT2D eigenvalue weighted by Gasteiger charge is 2.10. The van der Waals surface area contributed by atoms with Crippen LogP contribution < -0.4 is 15.4 Å². The first-order valence-corrected chi connectivity index (χ1v) is 8.29. The summed E-state index contributed by atoms with van der Waals surface area (Å²) in [6, 6.07) is 18.1. The van der Waals surface area contributed by atoms with Crippen molar-refractivity contribution >= 4 is 23.1 Å². The molecule has 6 nitrogen and oxygen atoms in total. The molecule has 0 fully saturated rings. The third-order valence-corrected chi connectivity index (χ3v) is 3.94. The predicted octanol–water partition coefficient (Wildman–Crippen LogP) is 4.27. The highest BCUT2D eigenvalue weighted by molar-refractivity contribution is 6.04. The Kier molecular flexibility index (Phi) is 5.33. The number of anilines is 3. The second kappa shape index (κ2) is 8.02. The van der Waals surface area contributed by atoms with E-state index < -0.39 is 0 Å². The molecular weight excluding hydrogens is 340 g/mol. The summed E-state index contributed by atoms with van der Waals surface area (Å²) in [4.78, 5) is 16.7. The molecule has 1 heterocycles. The molecule has 1 amide bonds. The molecule has 0 saturated heterocycles. The summed E-state index contributed by atoms with van der Waals surface area (Å²) in [5, 5.41) is 15.0. The summed E-state index contributed by atoms with van der Waals surface area (Å²) < 4.78 is 5.34. The Labute approximate surface area is 157 Å². The van der Waals surface area contributed by atoms with Gasteiger partial charge >= 0.3 is 0 Å². The summed E-state index contributed by atoms with van der Waals surface area (Å²) in [6.45, 7) is 1.99. The first-order chi connectivity index (χ1) is 13.1. The van der Waals surface area contributed by atoms with Crippen molar-refractivity contribution in [3.8, 4) is 11.8 Å². The van der Waals surface area contributed by atoms with Crippen molar-refractivity contribution in [2.24, 2.45) is 0 Å². The molecule has 3 rings (SSSR count). The van der Waals surface area contributed by atoms with Crippen LogP contribution in [0.4, 0.5) is 17.2 Å². The van der Waals surface area contributed by atoms with E-state index in [1.807, 2.05) is 25.1 Å². The van der Waals surface area contributed by atoms with Gasteiger partial charge in [0, 0.05) is 6.20 Å². The summed E-state index contributed by atoms with van der Waals surface area (Å²) in [6.07, 6.45) is 1.48. The zero-order valence-corrected chi connectivity index (χ0v) is 15.0. The number of carbonyl (C=O) groups is 1. The smallest absolute Gasteiger partial charge is 0.257 e. The largest absolute Gasteiger partial charge is 0.495 e. The molecule has 0 saturated carbocycles. The molecule has 0 aliphatic carbocycles. The molecule has 0 bridgehead atoms. The maximum Gasteiger partial charge on any atom is 0.257 e. The van der Waals surface area contributed by atoms with Gasteiger partial charge in [-0.25, -0.2) is 4.98 Å². The van der Waals surface area contributed by atoms with Gasteiger partial charge in [-0.15, -0.1) is 0 Å². The third kappa shape index (κ3) is 4.22. The fourth-order valence-electron chi connectivity index (χ4n) is 2.54. The van der Waals surface area contributed by atoms with E-state index in [1.165, 1.54) is 6.20 Å². The van der Waals surface area contributed by atoms with Gasteiger partial charge in [0.2, 0.25) is 0 Å². The van der Waals surface area contributed by atoms with Crippen LogP contribution in [0.5, 0.6) is 5.75 Å². The molecule has 6 heteroatoms. The minimum atomic E-state index is -0.329. The number of pyridine rings is 1. The molecule has 1 aromatic heterocycles. The number of nitrogens with one attached hydrogen (secondary N) is 2. The van der Waals surface area contributed by atoms with Crippen LogP contribution in [0.25, 0.3) is 0 Å². The quantitative estimate of drug-likeness (QED) is 0.711. The number of hydrogen-bond acceptors (Lipinski definition) is 5. The van der Waals surface area contributed by atoms with Crippen LogP contribution >= 0.6 is 0 Å². The van der Waals surface area contributed by atoms with Crippen LogP contribution in [0.1, 0.15) is 21.5 Å². The van der Waals surface area contributed by atoms with Gasteiger partial charge in [0.05, 0.1) is 29.6 Å². The maximum absolute atomic E-state index is 12.4. The number of rotatable bonds is 5. The molecule has 0 radical (unpaired) electrons. The Hall–Kier alpha value is -3.85. The van der Waals surface area contributed by atoms with E-state index in [4.69, 9.17) is 10.00 Å². The first-order valence-electron chi connectivity index (χ1n) is 8.29. The Morgan fingerprint density at radius 1 is 1.11 bits per heavy atom. The van der Waals surface area contributed by atoms with Crippen LogP contribution in [-0.4, -0.2) is 18.0 Å². The monoisotopic (exact) mass is 358 g/mol. The van der Waals surface area contributed by atoms with E-state index in [0.717, 1.165) is 11.3 Å². The van der Waals surface area contributed by atoms with E-state index in [9.17, 15) is 4.79 Å². The molecule has 0 unspecified atom stereocenters. The summed E-state index contributed by atoms with van der Waals surface area (Å²) in [5.41, 5.74) is 3.15. The van der Waals surface area contributed by atoms with Crippen molar-refractivity contribution < 1.29 is 9.53 Å². The van der Waals surface area contributed by atoms with E-state index in [2.05, 4.69) is 21.7 Å². The Balaban J connectivity index is 1.75. The van der Waals surface area contributed by atoms with Crippen molar-refractivity contribution in [3.63, 3.8) is 0 Å². The number of para-hydroxylation sites is 1. The van der Waals surface area contributed by atoms with Gasteiger partial charge < -0.3 is 15.4 Å². The maximum atomic E-state index is 12.4. The number of amides is 1. The highest BCUT2D eigenvalue weighted by Crippen LogP contribution is 2.28. The second-order valence-electron chi connectivity index (χ2n) is 5.87. The van der Waals surface area contributed by atoms with Crippen LogP contribution in [0.2, 0.25) is 0 Å². The minimum Gasteiger partial charge on any atom is -0.495 e. The number of hydrogen-bond donors (Lipinski definition) is 2. The van der Waals surface area contributed by atoms with Crippen LogP contribution in [0.3, 0.4) is 0 Å². The van der Waals surface area contributed by atoms with E-state index in [0.29, 0.717) is 28.4 Å². The fourth-order valence-corrected chi connectivity index (χ4v) is 2.54. The Morgan fingerprint density at radius 2 is 1.93 bits per heavy atom. The zero-order valence-electron chi connectivity index (χ0n) is 15.0. The molecular formula is C21H18N4O2. The predicted molar refractivity (Wildman–Crippen MR) is 104 cm³/mol. The molecule has 134 valence electrons. The Bertz CT molecular complexity index is 1010. The van der Waals surface area contributed by atoms with Gasteiger partial charge in [0.15, 0.2) is 0 Å². The van der Waals surface area contributed by atoms with Gasteiger partial charge in [-0.05, 0) is 48.9 Å². The Morgan fingerprint density at radius 3 is 2.63 bits per heavy atom. The van der Waals surface area contributed by atoms with Gasteiger partial charge in [-0.3, -0.25) is 4.79 Å². The van der Waals surface area contributed by atoms with Crippen molar-refractivity contribution in [1.29, 1.82) is 5.26 Å². The third-order valence-electron chi connectivity index (χ3n) is 3.94. The van der Waals surface area contributed by atoms with Gasteiger partial charge in [0.1, 0.15) is 17.6 Å². The molecule has 2 N–H and O–H groups in total. The van der Waals surface area contributed by atoms with Crippen LogP contribution in [0, 0.1) is 18.3 Å². The molecule has 0 aliphatic rings. The van der Waals surface area contributed by atoms with E-state index in [1.54, 1.807) is 43.5 Å². The standard InChI is InChI=1S/C21H18N4O2/c1-14-7-9-19(27-2)18(11-14)24-20-10-8-16(13-23-20)21(26)25-17-6-4-3-5-15(17)12-22/h3-11,13H,1-2H3,(H,23,24)(H,25,26). The lowest BCUT2D eigenvalue weighted by molar-refractivity contribution is 0.102. The van der Waals surface area contributed by atoms with Gasteiger partial charge in [-0.1, -0.05) is 18.2 Å². The summed E-state index contributed by atoms with van der Waals surface area (Å²) >= 11 is 0. The van der Waals surface area contributed by atoms with Crippen molar-refractivity contribution in [1.82, 2.24) is 4.98 Å². The number of aromatic nitrogens is 1. The number of methoxy groups -OCH3 is 1. The molecule has 0 spiro atoms. The normalized spacial score (nSPS) is 9.96. The van der Waals surface area contributed by atoms with Crippen LogP contribution in [0.15, 0.2) is 60.8 Å². The molecule has 0 aliphatic heterocycles. The first kappa shape index (κ1) is 18.0. The van der Waals surface area contributed by atoms with Gasteiger partial charge in [-0.2, -0.15) is 5.26 Å². The summed E-state index contributed by atoms with van der Waals surface area (Å²) in [7, 11) is 1.61. The average Bonchev–Trinajstić information content (AvgIpc) is 2.69. The van der Waals surface area contributed by atoms with Gasteiger partial charge in [0.25, 0.3) is 5.91 Å². The topological polar surface area (TPSA) is 87.0 Å². The van der Waals surface area contributed by atoms with E-state index in [-0.39, 0.29) is 5.91 Å². The minimum absolute atomic E-state index is 0.329. The second-order valence-corrected chi connectivity index (χ2v) is 5.87. The van der Waals surface area contributed by atoms with E-state index >= 15 is 0 Å². The zero-order chi connectivity index (χ0) is 19.2. The lowest BCUT2D eigenvalue weighted by Gasteiger charge is -2.12. The highest BCUT2D eigenvalue weighted by atomic mass is 16.5. The SMILES string of the molecule is COc1ccc(C)cc1Nc1ccc(C(=O)Nc2ccccc2C#N)cn1. The molecule has 0 atom stereocenters.